The van der Waals surface area contributed by atoms with E-state index in [1.165, 1.54) is 18.2 Å². The van der Waals surface area contributed by atoms with E-state index in [2.05, 4.69) is 20.5 Å². The number of hydrogen-bond donors (Lipinski definition) is 1. The van der Waals surface area contributed by atoms with Gasteiger partial charge in [0.1, 0.15) is 5.69 Å². The highest BCUT2D eigenvalue weighted by atomic mass is 35.5. The Kier molecular flexibility index (Phi) is 7.31. The minimum absolute atomic E-state index is 0.0496. The summed E-state index contributed by atoms with van der Waals surface area (Å²) in [6, 6.07) is 20.5. The molecule has 4 rings (SSSR count). The lowest BCUT2D eigenvalue weighted by molar-refractivity contribution is -0.383. The number of amides is 1. The average Bonchev–Trinajstić information content (AvgIpc) is 3.32. The van der Waals surface area contributed by atoms with E-state index in [1.54, 1.807) is 36.5 Å². The number of rotatable bonds is 8. The van der Waals surface area contributed by atoms with Crippen molar-refractivity contribution < 1.29 is 14.1 Å². The number of hydrogen-bond acceptors (Lipinski definition) is 8. The number of nitro groups is 1. The van der Waals surface area contributed by atoms with Crippen LogP contribution in [0.1, 0.15) is 5.56 Å². The lowest BCUT2D eigenvalue weighted by Gasteiger charge is -2.04. The first kappa shape index (κ1) is 23.1. The summed E-state index contributed by atoms with van der Waals surface area (Å²) >= 11 is 6.91. The Morgan fingerprint density at radius 2 is 1.82 bits per heavy atom. The fourth-order valence-corrected chi connectivity index (χ4v) is 3.51. The van der Waals surface area contributed by atoms with Crippen LogP contribution in [0.15, 0.2) is 87.4 Å². The monoisotopic (exact) mass is 493 g/mol. The quantitative estimate of drug-likeness (QED) is 0.143. The van der Waals surface area contributed by atoms with E-state index in [1.807, 2.05) is 24.3 Å². The number of nitrogens with one attached hydrogen (secondary N) is 1. The molecule has 3 aromatic carbocycles. The van der Waals surface area contributed by atoms with Gasteiger partial charge in [-0.25, -0.2) is 0 Å². The summed E-state index contributed by atoms with van der Waals surface area (Å²) in [4.78, 5) is 27.1. The standard InChI is InChI=1S/C23H16ClN5O4S/c24-17-9-5-15(6-10-17)13-25-18-11-7-16(8-12-18)22-27-28-23(33-22)34-14-21(30)26-19-3-1-2-4-20(19)29(31)32/h1-13H,14H2,(H,26,30). The zero-order chi connectivity index (χ0) is 23.9. The SMILES string of the molecule is O=C(CSc1nnc(-c2ccc(N=Cc3ccc(Cl)cc3)cc2)o1)Nc1ccccc1[N+](=O)[O-]. The van der Waals surface area contributed by atoms with Crippen molar-refractivity contribution in [2.45, 2.75) is 5.22 Å². The van der Waals surface area contributed by atoms with Crippen LogP contribution in [0.25, 0.3) is 11.5 Å². The number of benzene rings is 3. The lowest BCUT2D eigenvalue weighted by Crippen LogP contribution is -2.15. The summed E-state index contributed by atoms with van der Waals surface area (Å²) < 4.78 is 5.61. The summed E-state index contributed by atoms with van der Waals surface area (Å²) in [7, 11) is 0. The molecule has 1 heterocycles. The average molecular weight is 494 g/mol. The molecule has 0 atom stereocenters. The molecule has 0 aliphatic rings. The Balaban J connectivity index is 1.34. The molecule has 170 valence electrons. The van der Waals surface area contributed by atoms with E-state index in [9.17, 15) is 14.9 Å². The molecule has 1 N–H and O–H groups in total. The maximum atomic E-state index is 12.2. The van der Waals surface area contributed by atoms with Crippen LogP contribution in [0.3, 0.4) is 0 Å². The molecule has 1 amide bonds. The Morgan fingerprint density at radius 3 is 2.56 bits per heavy atom. The van der Waals surface area contributed by atoms with Crippen molar-refractivity contribution in [1.29, 1.82) is 0 Å². The number of para-hydroxylation sites is 2. The smallest absolute Gasteiger partial charge is 0.292 e. The molecule has 0 fully saturated rings. The van der Waals surface area contributed by atoms with Crippen LogP contribution in [0.4, 0.5) is 17.1 Å². The van der Waals surface area contributed by atoms with E-state index in [0.29, 0.717) is 16.5 Å². The van der Waals surface area contributed by atoms with Gasteiger partial charge in [-0.2, -0.15) is 0 Å². The van der Waals surface area contributed by atoms with Crippen molar-refractivity contribution >= 4 is 52.5 Å². The van der Waals surface area contributed by atoms with Gasteiger partial charge in [0.15, 0.2) is 0 Å². The second-order valence-electron chi connectivity index (χ2n) is 6.84. The third-order valence-corrected chi connectivity index (χ3v) is 5.53. The summed E-state index contributed by atoms with van der Waals surface area (Å²) in [5.41, 5.74) is 2.33. The van der Waals surface area contributed by atoms with Crippen LogP contribution in [0.5, 0.6) is 0 Å². The van der Waals surface area contributed by atoms with E-state index in [-0.39, 0.29) is 22.4 Å². The molecule has 4 aromatic rings. The summed E-state index contributed by atoms with van der Waals surface area (Å²) in [5.74, 6) is -0.178. The second-order valence-corrected chi connectivity index (χ2v) is 8.20. The number of anilines is 1. The van der Waals surface area contributed by atoms with Crippen molar-refractivity contribution in [3.63, 3.8) is 0 Å². The zero-order valence-electron chi connectivity index (χ0n) is 17.4. The van der Waals surface area contributed by atoms with E-state index >= 15 is 0 Å². The van der Waals surface area contributed by atoms with Crippen molar-refractivity contribution in [2.75, 3.05) is 11.1 Å². The predicted octanol–water partition coefficient (Wildman–Crippen LogP) is 5.78. The van der Waals surface area contributed by atoms with Gasteiger partial charge >= 0.3 is 0 Å². The van der Waals surface area contributed by atoms with Crippen LogP contribution in [-0.2, 0) is 4.79 Å². The van der Waals surface area contributed by atoms with Gasteiger partial charge in [0.25, 0.3) is 10.9 Å². The molecule has 11 heteroatoms. The normalized spacial score (nSPS) is 11.0. The number of aliphatic imine (C=N–C) groups is 1. The zero-order valence-corrected chi connectivity index (χ0v) is 19.0. The fourth-order valence-electron chi connectivity index (χ4n) is 2.82. The number of nitro benzene ring substituents is 1. The van der Waals surface area contributed by atoms with Crippen molar-refractivity contribution in [3.8, 4) is 11.5 Å². The Bertz CT molecular complexity index is 1340. The topological polar surface area (TPSA) is 124 Å². The Labute approximate surface area is 203 Å². The molecule has 0 spiro atoms. The molecule has 0 unspecified atom stereocenters. The summed E-state index contributed by atoms with van der Waals surface area (Å²) in [5, 5.41) is 22.4. The van der Waals surface area contributed by atoms with Crippen LogP contribution >= 0.6 is 23.4 Å². The largest absolute Gasteiger partial charge is 0.411 e. The van der Waals surface area contributed by atoms with Gasteiger partial charge in [-0.15, -0.1) is 10.2 Å². The van der Waals surface area contributed by atoms with Gasteiger partial charge in [0, 0.05) is 22.9 Å². The first-order valence-corrected chi connectivity index (χ1v) is 11.2. The van der Waals surface area contributed by atoms with Crippen molar-refractivity contribution in [3.05, 3.63) is 93.5 Å². The molecule has 0 radical (unpaired) electrons. The molecular weight excluding hydrogens is 478 g/mol. The maximum absolute atomic E-state index is 12.2. The van der Waals surface area contributed by atoms with Gasteiger partial charge in [-0.05, 0) is 48.0 Å². The predicted molar refractivity (Wildman–Crippen MR) is 131 cm³/mol. The van der Waals surface area contributed by atoms with Crippen LogP contribution < -0.4 is 5.32 Å². The number of halogens is 1. The van der Waals surface area contributed by atoms with Gasteiger partial charge in [-0.3, -0.25) is 19.9 Å². The molecule has 9 nitrogen and oxygen atoms in total. The number of carbonyl (C=O) groups is 1. The number of nitrogens with zero attached hydrogens (tertiary/aromatic N) is 4. The minimum Gasteiger partial charge on any atom is -0.411 e. The van der Waals surface area contributed by atoms with Crippen LogP contribution in [-0.4, -0.2) is 33.0 Å². The van der Waals surface area contributed by atoms with Crippen molar-refractivity contribution in [1.82, 2.24) is 10.2 Å². The summed E-state index contributed by atoms with van der Waals surface area (Å²) in [6.45, 7) is 0. The fraction of sp³-hybridized carbons (Fsp3) is 0.0435. The van der Waals surface area contributed by atoms with Gasteiger partial charge in [0.2, 0.25) is 11.8 Å². The molecule has 0 saturated heterocycles. The third-order valence-electron chi connectivity index (χ3n) is 4.45. The lowest BCUT2D eigenvalue weighted by atomic mass is 10.2. The Morgan fingerprint density at radius 1 is 1.09 bits per heavy atom. The van der Waals surface area contributed by atoms with Crippen LogP contribution in [0, 0.1) is 10.1 Å². The number of thioether (sulfide) groups is 1. The van der Waals surface area contributed by atoms with Crippen LogP contribution in [0.2, 0.25) is 5.02 Å². The molecule has 0 bridgehead atoms. The highest BCUT2D eigenvalue weighted by Crippen LogP contribution is 2.26. The molecule has 34 heavy (non-hydrogen) atoms. The van der Waals surface area contributed by atoms with Gasteiger partial charge in [-0.1, -0.05) is 47.6 Å². The first-order chi connectivity index (χ1) is 16.5. The minimum atomic E-state index is -0.554. The highest BCUT2D eigenvalue weighted by Gasteiger charge is 2.16. The molecular formula is C23H16ClN5O4S. The summed E-state index contributed by atoms with van der Waals surface area (Å²) in [6.07, 6.45) is 1.74. The molecule has 0 aliphatic heterocycles. The second kappa shape index (κ2) is 10.7. The van der Waals surface area contributed by atoms with Crippen molar-refractivity contribution in [2.24, 2.45) is 4.99 Å². The molecule has 1 aromatic heterocycles. The maximum Gasteiger partial charge on any atom is 0.292 e. The number of aromatic nitrogens is 2. The third kappa shape index (κ3) is 6.06. The Hall–Kier alpha value is -4.02. The van der Waals surface area contributed by atoms with Gasteiger partial charge < -0.3 is 9.73 Å². The molecule has 0 aliphatic carbocycles. The van der Waals surface area contributed by atoms with E-state index < -0.39 is 10.8 Å². The van der Waals surface area contributed by atoms with Gasteiger partial charge in [0.05, 0.1) is 16.4 Å². The number of carbonyl (C=O) groups excluding carboxylic acids is 1. The first-order valence-electron chi connectivity index (χ1n) is 9.87. The highest BCUT2D eigenvalue weighted by molar-refractivity contribution is 7.99. The van der Waals surface area contributed by atoms with E-state index in [0.717, 1.165) is 23.0 Å². The molecule has 0 saturated carbocycles. The van der Waals surface area contributed by atoms with E-state index in [4.69, 9.17) is 16.0 Å².